The maximum Gasteiger partial charge on any atom is 0.221 e. The van der Waals surface area contributed by atoms with Crippen molar-refractivity contribution in [3.05, 3.63) is 30.6 Å². The monoisotopic (exact) mass is 276 g/mol. The zero-order chi connectivity index (χ0) is 13.5. The minimum absolute atomic E-state index is 0.313. The van der Waals surface area contributed by atoms with Crippen LogP contribution >= 0.6 is 0 Å². The van der Waals surface area contributed by atoms with Crippen LogP contribution in [-0.4, -0.2) is 29.4 Å². The molecule has 1 aliphatic carbocycles. The maximum atomic E-state index is 11.4. The van der Waals surface area contributed by atoms with Gasteiger partial charge in [-0.3, -0.25) is 0 Å². The standard InChI is InChI=1S/C13H14N3O2S/c1-19(17,18)12-6-4-11(5-7-12)13-14-9-15-16(13)8-10-2-3-10/h4-7,10H,2-3,8H2,1H3. The van der Waals surface area contributed by atoms with Gasteiger partial charge >= 0.3 is 0 Å². The number of benzene rings is 1. The first-order chi connectivity index (χ1) is 9.04. The molecule has 1 radical (unpaired) electrons. The van der Waals surface area contributed by atoms with Crippen LogP contribution in [0.2, 0.25) is 0 Å². The average molecular weight is 276 g/mol. The van der Waals surface area contributed by atoms with E-state index in [-0.39, 0.29) is 0 Å². The number of aromatic nitrogens is 3. The molecule has 1 aromatic carbocycles. The third kappa shape index (κ3) is 2.68. The van der Waals surface area contributed by atoms with Gasteiger partial charge in [-0.05, 0) is 43.0 Å². The highest BCUT2D eigenvalue weighted by Crippen LogP contribution is 2.31. The Kier molecular flexibility index (Phi) is 2.89. The fraction of sp³-hybridized carbons (Fsp3) is 0.385. The molecular formula is C13H14N3O2S. The summed E-state index contributed by atoms with van der Waals surface area (Å²) >= 11 is 0. The van der Waals surface area contributed by atoms with Gasteiger partial charge in [0.2, 0.25) is 6.33 Å². The van der Waals surface area contributed by atoms with Crippen molar-refractivity contribution in [1.29, 1.82) is 0 Å². The first-order valence-corrected chi connectivity index (χ1v) is 8.04. The van der Waals surface area contributed by atoms with Crippen molar-refractivity contribution < 1.29 is 8.42 Å². The molecule has 0 spiro atoms. The molecule has 1 heterocycles. The molecule has 0 atom stereocenters. The van der Waals surface area contributed by atoms with Crippen LogP contribution in [0.15, 0.2) is 29.2 Å². The number of rotatable bonds is 4. The number of hydrogen-bond donors (Lipinski definition) is 0. The van der Waals surface area contributed by atoms with Crippen molar-refractivity contribution in [2.45, 2.75) is 24.3 Å². The zero-order valence-corrected chi connectivity index (χ0v) is 11.4. The van der Waals surface area contributed by atoms with Gasteiger partial charge in [0.15, 0.2) is 15.7 Å². The van der Waals surface area contributed by atoms with Crippen molar-refractivity contribution in [3.63, 3.8) is 0 Å². The van der Waals surface area contributed by atoms with Crippen LogP contribution in [0.5, 0.6) is 0 Å². The summed E-state index contributed by atoms with van der Waals surface area (Å²) < 4.78 is 24.7. The predicted molar refractivity (Wildman–Crippen MR) is 70.1 cm³/mol. The number of sulfone groups is 1. The third-order valence-electron chi connectivity index (χ3n) is 3.23. The SMILES string of the molecule is CS(=O)(=O)c1ccc(-c2n[c]nn2CC2CC2)cc1. The molecule has 99 valence electrons. The highest BCUT2D eigenvalue weighted by atomic mass is 32.2. The van der Waals surface area contributed by atoms with E-state index in [4.69, 9.17) is 0 Å². The number of hydrogen-bond acceptors (Lipinski definition) is 4. The molecule has 1 fully saturated rings. The van der Waals surface area contributed by atoms with Crippen molar-refractivity contribution >= 4 is 9.84 Å². The van der Waals surface area contributed by atoms with Gasteiger partial charge in [-0.25, -0.2) is 18.1 Å². The van der Waals surface area contributed by atoms with Crippen LogP contribution in [0.1, 0.15) is 12.8 Å². The van der Waals surface area contributed by atoms with Crippen LogP contribution in [-0.2, 0) is 16.4 Å². The largest absolute Gasteiger partial charge is 0.245 e. The molecule has 0 bridgehead atoms. The van der Waals surface area contributed by atoms with Crippen molar-refractivity contribution in [1.82, 2.24) is 14.8 Å². The van der Waals surface area contributed by atoms with Crippen LogP contribution in [0, 0.1) is 12.2 Å². The fourth-order valence-corrected chi connectivity index (χ4v) is 2.60. The molecule has 1 aliphatic rings. The first-order valence-electron chi connectivity index (χ1n) is 6.15. The summed E-state index contributed by atoms with van der Waals surface area (Å²) in [5.41, 5.74) is 0.863. The molecule has 3 rings (SSSR count). The Balaban J connectivity index is 1.91. The van der Waals surface area contributed by atoms with Crippen LogP contribution in [0.25, 0.3) is 11.4 Å². The van der Waals surface area contributed by atoms with E-state index in [9.17, 15) is 8.42 Å². The molecular weight excluding hydrogens is 262 g/mol. The Hall–Kier alpha value is -1.69. The van der Waals surface area contributed by atoms with Gasteiger partial charge < -0.3 is 0 Å². The summed E-state index contributed by atoms with van der Waals surface area (Å²) in [7, 11) is -3.16. The molecule has 0 amide bonds. The second-order valence-corrected chi connectivity index (χ2v) is 6.97. The molecule has 1 aromatic heterocycles. The lowest BCUT2D eigenvalue weighted by atomic mass is 10.2. The lowest BCUT2D eigenvalue weighted by Crippen LogP contribution is -2.04. The van der Waals surface area contributed by atoms with Crippen LogP contribution < -0.4 is 0 Å². The quantitative estimate of drug-likeness (QED) is 0.850. The van der Waals surface area contributed by atoms with E-state index in [0.29, 0.717) is 10.8 Å². The molecule has 0 N–H and O–H groups in total. The second-order valence-electron chi connectivity index (χ2n) is 4.96. The maximum absolute atomic E-state index is 11.4. The Labute approximate surface area is 112 Å². The smallest absolute Gasteiger partial charge is 0.221 e. The van der Waals surface area contributed by atoms with Gasteiger partial charge in [-0.15, -0.1) is 5.10 Å². The molecule has 1 saturated carbocycles. The molecule has 0 aliphatic heterocycles. The van der Waals surface area contributed by atoms with E-state index in [1.165, 1.54) is 19.1 Å². The lowest BCUT2D eigenvalue weighted by Gasteiger charge is -2.05. The van der Waals surface area contributed by atoms with Gasteiger partial charge in [-0.2, -0.15) is 0 Å². The van der Waals surface area contributed by atoms with E-state index in [0.717, 1.165) is 17.9 Å². The Bertz CT molecular complexity index is 685. The lowest BCUT2D eigenvalue weighted by molar-refractivity contribution is 0.567. The van der Waals surface area contributed by atoms with E-state index in [2.05, 4.69) is 16.4 Å². The van der Waals surface area contributed by atoms with E-state index in [1.807, 2.05) is 4.68 Å². The number of nitrogens with zero attached hydrogens (tertiary/aromatic N) is 3. The summed E-state index contributed by atoms with van der Waals surface area (Å²) in [6, 6.07) is 6.72. The highest BCUT2D eigenvalue weighted by molar-refractivity contribution is 7.90. The first kappa shape index (κ1) is 12.3. The summed E-state index contributed by atoms with van der Waals surface area (Å²) in [5.74, 6) is 1.44. The minimum atomic E-state index is -3.16. The van der Waals surface area contributed by atoms with Crippen molar-refractivity contribution in [2.24, 2.45) is 5.92 Å². The van der Waals surface area contributed by atoms with Crippen LogP contribution in [0.4, 0.5) is 0 Å². The van der Waals surface area contributed by atoms with Gasteiger partial charge in [0.1, 0.15) is 0 Å². The van der Waals surface area contributed by atoms with E-state index in [1.54, 1.807) is 24.3 Å². The molecule has 19 heavy (non-hydrogen) atoms. The second kappa shape index (κ2) is 4.45. The molecule has 6 heteroatoms. The highest BCUT2D eigenvalue weighted by Gasteiger charge is 2.23. The fourth-order valence-electron chi connectivity index (χ4n) is 1.97. The zero-order valence-electron chi connectivity index (χ0n) is 10.6. The van der Waals surface area contributed by atoms with Crippen molar-refractivity contribution in [2.75, 3.05) is 6.26 Å². The van der Waals surface area contributed by atoms with Crippen molar-refractivity contribution in [3.8, 4) is 11.4 Å². The van der Waals surface area contributed by atoms with E-state index >= 15 is 0 Å². The minimum Gasteiger partial charge on any atom is -0.245 e. The average Bonchev–Trinajstić information content (AvgIpc) is 3.05. The molecule has 2 aromatic rings. The molecule has 5 nitrogen and oxygen atoms in total. The third-order valence-corrected chi connectivity index (χ3v) is 4.36. The normalized spacial score (nSPS) is 15.6. The Morgan fingerprint density at radius 1 is 1.32 bits per heavy atom. The Morgan fingerprint density at radius 2 is 2.00 bits per heavy atom. The van der Waals surface area contributed by atoms with Gasteiger partial charge in [0.05, 0.1) is 4.90 Å². The molecule has 0 saturated heterocycles. The summed E-state index contributed by atoms with van der Waals surface area (Å²) in [6.07, 6.45) is 6.30. The molecule has 0 unspecified atom stereocenters. The van der Waals surface area contributed by atoms with Crippen LogP contribution in [0.3, 0.4) is 0 Å². The Morgan fingerprint density at radius 3 is 2.58 bits per heavy atom. The predicted octanol–water partition coefficient (Wildman–Crippen LogP) is 1.56. The summed E-state index contributed by atoms with van der Waals surface area (Å²) in [6.45, 7) is 0.861. The van der Waals surface area contributed by atoms with Gasteiger partial charge in [-0.1, -0.05) is 0 Å². The summed E-state index contributed by atoms with van der Waals surface area (Å²) in [4.78, 5) is 4.45. The van der Waals surface area contributed by atoms with E-state index < -0.39 is 9.84 Å². The van der Waals surface area contributed by atoms with Gasteiger partial charge in [0.25, 0.3) is 0 Å². The topological polar surface area (TPSA) is 64.8 Å². The summed E-state index contributed by atoms with van der Waals surface area (Å²) in [5, 5.41) is 4.11. The van der Waals surface area contributed by atoms with Gasteiger partial charge in [0, 0.05) is 18.4 Å².